The number of hydrogen-bond donors (Lipinski definition) is 2. The first-order chi connectivity index (χ1) is 11.5. The van der Waals surface area contributed by atoms with E-state index in [9.17, 15) is 14.4 Å². The van der Waals surface area contributed by atoms with Crippen LogP contribution in [-0.2, 0) is 11.3 Å². The van der Waals surface area contributed by atoms with Gasteiger partial charge in [0.15, 0.2) is 5.01 Å². The molecule has 24 heavy (non-hydrogen) atoms. The molecule has 0 saturated carbocycles. The summed E-state index contributed by atoms with van der Waals surface area (Å²) in [7, 11) is 0. The third-order valence-corrected chi connectivity index (χ3v) is 4.36. The summed E-state index contributed by atoms with van der Waals surface area (Å²) in [5, 5.41) is 11.6. The number of hydrogen-bond acceptors (Lipinski definition) is 5. The van der Waals surface area contributed by atoms with Crippen LogP contribution >= 0.6 is 11.3 Å². The highest BCUT2D eigenvalue weighted by Crippen LogP contribution is 2.21. The highest BCUT2D eigenvalue weighted by molar-refractivity contribution is 7.20. The fraction of sp³-hybridized carbons (Fsp3) is 0.0588. The first-order valence-corrected chi connectivity index (χ1v) is 7.86. The summed E-state index contributed by atoms with van der Waals surface area (Å²) in [4.78, 5) is 39.2. The van der Waals surface area contributed by atoms with Crippen LogP contribution in [0.2, 0.25) is 0 Å². The van der Waals surface area contributed by atoms with Gasteiger partial charge in [-0.25, -0.2) is 9.78 Å². The van der Waals surface area contributed by atoms with E-state index in [0.717, 1.165) is 16.0 Å². The minimum Gasteiger partial charge on any atom is -0.478 e. The SMILES string of the molecule is O=C(NCc1cccc(C(=O)O)c1)C(=O)c1nc2ccccc2s1. The fourth-order valence-corrected chi connectivity index (χ4v) is 3.05. The molecule has 0 unspecified atom stereocenters. The Hall–Kier alpha value is -3.06. The molecule has 2 N–H and O–H groups in total. The number of carboxylic acid groups (broad SMARTS) is 1. The fourth-order valence-electron chi connectivity index (χ4n) is 2.14. The van der Waals surface area contributed by atoms with Gasteiger partial charge in [-0.05, 0) is 29.8 Å². The number of para-hydroxylation sites is 1. The zero-order chi connectivity index (χ0) is 17.1. The molecule has 0 radical (unpaired) electrons. The van der Waals surface area contributed by atoms with Gasteiger partial charge in [-0.3, -0.25) is 9.59 Å². The molecule has 6 nitrogen and oxygen atoms in total. The minimum atomic E-state index is -1.05. The van der Waals surface area contributed by atoms with Crippen molar-refractivity contribution in [3.8, 4) is 0 Å². The van der Waals surface area contributed by atoms with E-state index in [1.807, 2.05) is 18.2 Å². The Bertz CT molecular complexity index is 915. The summed E-state index contributed by atoms with van der Waals surface area (Å²) in [6.07, 6.45) is 0. The summed E-state index contributed by atoms with van der Waals surface area (Å²) >= 11 is 1.16. The van der Waals surface area contributed by atoms with E-state index in [-0.39, 0.29) is 17.1 Å². The van der Waals surface area contributed by atoms with Crippen molar-refractivity contribution < 1.29 is 19.5 Å². The summed E-state index contributed by atoms with van der Waals surface area (Å²) < 4.78 is 0.836. The van der Waals surface area contributed by atoms with E-state index in [2.05, 4.69) is 10.3 Å². The number of benzene rings is 2. The number of carbonyl (C=O) groups excluding carboxylic acids is 2. The first kappa shape index (κ1) is 15.8. The predicted molar refractivity (Wildman–Crippen MR) is 89.2 cm³/mol. The number of carboxylic acids is 1. The lowest BCUT2D eigenvalue weighted by molar-refractivity contribution is -0.117. The van der Waals surface area contributed by atoms with E-state index >= 15 is 0 Å². The Kier molecular flexibility index (Phi) is 4.35. The zero-order valence-electron chi connectivity index (χ0n) is 12.4. The topological polar surface area (TPSA) is 96.4 Å². The number of thiazole rings is 1. The van der Waals surface area contributed by atoms with Crippen molar-refractivity contribution in [3.05, 3.63) is 64.7 Å². The molecule has 3 rings (SSSR count). The number of rotatable bonds is 5. The summed E-state index contributed by atoms with van der Waals surface area (Å²) in [5.41, 5.74) is 1.40. The van der Waals surface area contributed by atoms with E-state index in [0.29, 0.717) is 11.1 Å². The van der Waals surface area contributed by atoms with Crippen molar-refractivity contribution in [2.45, 2.75) is 6.54 Å². The second-order valence-electron chi connectivity index (χ2n) is 5.00. The number of ketones is 1. The highest BCUT2D eigenvalue weighted by Gasteiger charge is 2.20. The van der Waals surface area contributed by atoms with E-state index in [1.54, 1.807) is 18.2 Å². The molecule has 2 aromatic carbocycles. The second-order valence-corrected chi connectivity index (χ2v) is 6.03. The molecule has 7 heteroatoms. The number of aromatic nitrogens is 1. The largest absolute Gasteiger partial charge is 0.478 e. The summed E-state index contributed by atoms with van der Waals surface area (Å²) in [5.74, 6) is -2.52. The molecule has 0 aliphatic heterocycles. The standard InChI is InChI=1S/C17H12N2O4S/c20-14(16-19-12-6-1-2-7-13(12)24-16)15(21)18-9-10-4-3-5-11(8-10)17(22)23/h1-8H,9H2,(H,18,21)(H,22,23). The van der Waals surface area contributed by atoms with E-state index in [1.165, 1.54) is 12.1 Å². The maximum atomic E-state index is 12.2. The molecule has 0 aliphatic carbocycles. The highest BCUT2D eigenvalue weighted by atomic mass is 32.1. The molecule has 1 amide bonds. The van der Waals surface area contributed by atoms with Gasteiger partial charge in [-0.15, -0.1) is 11.3 Å². The number of Topliss-reactive ketones (excluding diaryl/α,β-unsaturated/α-hetero) is 1. The van der Waals surface area contributed by atoms with Gasteiger partial charge >= 0.3 is 5.97 Å². The van der Waals surface area contributed by atoms with Crippen LogP contribution in [0.3, 0.4) is 0 Å². The van der Waals surface area contributed by atoms with Crippen LogP contribution in [0, 0.1) is 0 Å². The van der Waals surface area contributed by atoms with Crippen LogP contribution in [0.1, 0.15) is 25.7 Å². The van der Waals surface area contributed by atoms with Gasteiger partial charge in [0.2, 0.25) is 0 Å². The van der Waals surface area contributed by atoms with Crippen molar-refractivity contribution in [1.82, 2.24) is 10.3 Å². The number of carbonyl (C=O) groups is 3. The van der Waals surface area contributed by atoms with Gasteiger partial charge in [-0.2, -0.15) is 0 Å². The molecule has 0 saturated heterocycles. The van der Waals surface area contributed by atoms with Gasteiger partial charge < -0.3 is 10.4 Å². The van der Waals surface area contributed by atoms with Crippen LogP contribution in [0.4, 0.5) is 0 Å². The number of nitrogens with zero attached hydrogens (tertiary/aromatic N) is 1. The Morgan fingerprint density at radius 1 is 1.08 bits per heavy atom. The Balaban J connectivity index is 1.69. The van der Waals surface area contributed by atoms with E-state index in [4.69, 9.17) is 5.11 Å². The molecule has 1 aromatic heterocycles. The molecule has 0 fully saturated rings. The maximum absolute atomic E-state index is 12.2. The smallest absolute Gasteiger partial charge is 0.335 e. The lowest BCUT2D eigenvalue weighted by Crippen LogP contribution is -2.30. The maximum Gasteiger partial charge on any atom is 0.335 e. The van der Waals surface area contributed by atoms with Crippen LogP contribution in [-0.4, -0.2) is 27.8 Å². The number of amides is 1. The average Bonchev–Trinajstić information content (AvgIpc) is 3.03. The number of aromatic carboxylic acids is 1. The molecule has 0 spiro atoms. The molecule has 0 atom stereocenters. The van der Waals surface area contributed by atoms with Crippen molar-refractivity contribution in [2.24, 2.45) is 0 Å². The molecule has 1 heterocycles. The van der Waals surface area contributed by atoms with Gasteiger partial charge in [0.05, 0.1) is 15.8 Å². The molecular weight excluding hydrogens is 328 g/mol. The average molecular weight is 340 g/mol. The second kappa shape index (κ2) is 6.59. The van der Waals surface area contributed by atoms with Gasteiger partial charge in [-0.1, -0.05) is 24.3 Å². The van der Waals surface area contributed by atoms with Crippen molar-refractivity contribution in [1.29, 1.82) is 0 Å². The molecular formula is C17H12N2O4S. The Labute approximate surface area is 140 Å². The van der Waals surface area contributed by atoms with Crippen molar-refractivity contribution >= 4 is 39.2 Å². The Morgan fingerprint density at radius 2 is 1.88 bits per heavy atom. The van der Waals surface area contributed by atoms with Gasteiger partial charge in [0, 0.05) is 6.54 Å². The van der Waals surface area contributed by atoms with E-state index < -0.39 is 17.7 Å². The number of fused-ring (bicyclic) bond motifs is 1. The zero-order valence-corrected chi connectivity index (χ0v) is 13.2. The molecule has 0 bridgehead atoms. The lowest BCUT2D eigenvalue weighted by atomic mass is 10.1. The quantitative estimate of drug-likeness (QED) is 0.549. The third kappa shape index (κ3) is 3.31. The van der Waals surface area contributed by atoms with Gasteiger partial charge in [0.25, 0.3) is 11.7 Å². The third-order valence-electron chi connectivity index (χ3n) is 3.32. The molecule has 3 aromatic rings. The van der Waals surface area contributed by atoms with Crippen molar-refractivity contribution in [2.75, 3.05) is 0 Å². The van der Waals surface area contributed by atoms with Crippen LogP contribution in [0.25, 0.3) is 10.2 Å². The lowest BCUT2D eigenvalue weighted by Gasteiger charge is -2.04. The van der Waals surface area contributed by atoms with Crippen LogP contribution in [0.5, 0.6) is 0 Å². The van der Waals surface area contributed by atoms with Gasteiger partial charge in [0.1, 0.15) is 0 Å². The van der Waals surface area contributed by atoms with Crippen LogP contribution < -0.4 is 5.32 Å². The molecule has 0 aliphatic rings. The minimum absolute atomic E-state index is 0.0661. The molecule has 120 valence electrons. The monoisotopic (exact) mass is 340 g/mol. The Morgan fingerprint density at radius 3 is 2.62 bits per heavy atom. The van der Waals surface area contributed by atoms with Crippen molar-refractivity contribution in [3.63, 3.8) is 0 Å². The number of nitrogens with one attached hydrogen (secondary N) is 1. The van der Waals surface area contributed by atoms with Crippen LogP contribution in [0.15, 0.2) is 48.5 Å². The normalized spacial score (nSPS) is 10.5. The predicted octanol–water partition coefficient (Wildman–Crippen LogP) is 2.49. The first-order valence-electron chi connectivity index (χ1n) is 7.05. The summed E-state index contributed by atoms with van der Waals surface area (Å²) in [6, 6.07) is 13.4. The summed E-state index contributed by atoms with van der Waals surface area (Å²) in [6.45, 7) is 0.0661.